The van der Waals surface area contributed by atoms with Crippen molar-refractivity contribution in [3.8, 4) is 0 Å². The fourth-order valence-corrected chi connectivity index (χ4v) is 2.08. The number of anilines is 1. The molecule has 0 fully saturated rings. The number of hydrogen-bond donors (Lipinski definition) is 2. The van der Waals surface area contributed by atoms with E-state index in [0.29, 0.717) is 10.3 Å². The van der Waals surface area contributed by atoms with Gasteiger partial charge in [-0.3, -0.25) is 0 Å². The Morgan fingerprint density at radius 2 is 2.05 bits per heavy atom. The summed E-state index contributed by atoms with van der Waals surface area (Å²) in [4.78, 5) is 15.3. The van der Waals surface area contributed by atoms with E-state index >= 15 is 0 Å². The highest BCUT2D eigenvalue weighted by Gasteiger charge is 2.14. The number of nitrogens with zero attached hydrogens (tertiary/aromatic N) is 1. The van der Waals surface area contributed by atoms with E-state index in [4.69, 9.17) is 0 Å². The first-order valence-corrected chi connectivity index (χ1v) is 6.57. The van der Waals surface area contributed by atoms with Crippen molar-refractivity contribution in [2.24, 2.45) is 0 Å². The summed E-state index contributed by atoms with van der Waals surface area (Å²) in [6.45, 7) is 1.96. The lowest BCUT2D eigenvalue weighted by atomic mass is 10.1. The molecule has 0 spiro atoms. The Morgan fingerprint density at radius 3 is 2.68 bits per heavy atom. The topological polar surface area (TPSA) is 62.2 Å². The predicted molar refractivity (Wildman–Crippen MR) is 77.4 cm³/mol. The molecule has 0 amide bonds. The second-order valence-electron chi connectivity index (χ2n) is 4.13. The van der Waals surface area contributed by atoms with Crippen molar-refractivity contribution in [3.05, 3.63) is 58.2 Å². The first kappa shape index (κ1) is 13.5. The molecule has 19 heavy (non-hydrogen) atoms. The van der Waals surface area contributed by atoms with Crippen LogP contribution >= 0.6 is 15.9 Å². The number of hydrogen-bond acceptors (Lipinski definition) is 3. The van der Waals surface area contributed by atoms with Gasteiger partial charge in [-0.15, -0.1) is 0 Å². The minimum absolute atomic E-state index is 0.0204. The summed E-state index contributed by atoms with van der Waals surface area (Å²) in [7, 11) is 0. The van der Waals surface area contributed by atoms with Gasteiger partial charge in [0.05, 0.1) is 0 Å². The molecular weight excluding hydrogens is 308 g/mol. The molecule has 0 aliphatic carbocycles. The van der Waals surface area contributed by atoms with E-state index in [9.17, 15) is 9.90 Å². The number of aromatic carboxylic acids is 1. The van der Waals surface area contributed by atoms with Crippen LogP contribution in [-0.2, 0) is 0 Å². The van der Waals surface area contributed by atoms with Gasteiger partial charge >= 0.3 is 5.97 Å². The average Bonchev–Trinajstić information content (AvgIpc) is 2.41. The maximum atomic E-state index is 11.2. The van der Waals surface area contributed by atoms with Crippen LogP contribution in [0.3, 0.4) is 0 Å². The van der Waals surface area contributed by atoms with Crippen LogP contribution in [0.15, 0.2) is 47.1 Å². The number of benzene rings is 1. The molecule has 0 bridgehead atoms. The van der Waals surface area contributed by atoms with Crippen LogP contribution < -0.4 is 5.32 Å². The Kier molecular flexibility index (Phi) is 4.16. The van der Waals surface area contributed by atoms with Gasteiger partial charge < -0.3 is 10.4 Å². The van der Waals surface area contributed by atoms with Gasteiger partial charge in [-0.25, -0.2) is 9.78 Å². The Labute approximate surface area is 119 Å². The van der Waals surface area contributed by atoms with Crippen LogP contribution in [0.4, 0.5) is 5.82 Å². The van der Waals surface area contributed by atoms with Crippen molar-refractivity contribution in [3.63, 3.8) is 0 Å². The van der Waals surface area contributed by atoms with E-state index < -0.39 is 5.97 Å². The molecule has 1 aromatic heterocycles. The van der Waals surface area contributed by atoms with Crippen LogP contribution in [0.1, 0.15) is 28.9 Å². The molecule has 1 atom stereocenters. The minimum atomic E-state index is -1.00. The van der Waals surface area contributed by atoms with Crippen molar-refractivity contribution < 1.29 is 9.90 Å². The fraction of sp³-hybridized carbons (Fsp3) is 0.143. The summed E-state index contributed by atoms with van der Waals surface area (Å²) in [5, 5.41) is 12.3. The van der Waals surface area contributed by atoms with Gasteiger partial charge in [0, 0.05) is 16.7 Å². The molecule has 1 aromatic carbocycles. The molecule has 2 aromatic rings. The Morgan fingerprint density at radius 1 is 1.37 bits per heavy atom. The van der Waals surface area contributed by atoms with Gasteiger partial charge in [-0.2, -0.15) is 0 Å². The van der Waals surface area contributed by atoms with E-state index in [1.807, 2.05) is 37.3 Å². The largest absolute Gasteiger partial charge is 0.478 e. The molecule has 1 heterocycles. The first-order valence-electron chi connectivity index (χ1n) is 5.78. The summed E-state index contributed by atoms with van der Waals surface area (Å²) in [5.41, 5.74) is 1.22. The van der Waals surface area contributed by atoms with Gasteiger partial charge in [-0.1, -0.05) is 30.3 Å². The molecule has 0 saturated carbocycles. The van der Waals surface area contributed by atoms with Crippen LogP contribution in [-0.4, -0.2) is 16.1 Å². The third-order valence-electron chi connectivity index (χ3n) is 2.74. The summed E-state index contributed by atoms with van der Waals surface area (Å²) in [6.07, 6.45) is 1.58. The van der Waals surface area contributed by atoms with E-state index in [2.05, 4.69) is 26.2 Å². The molecule has 4 nitrogen and oxygen atoms in total. The molecule has 1 unspecified atom stereocenters. The van der Waals surface area contributed by atoms with Crippen molar-refractivity contribution in [1.29, 1.82) is 0 Å². The number of nitrogens with one attached hydrogen (secondary N) is 1. The number of carboxylic acid groups (broad SMARTS) is 1. The third-order valence-corrected chi connectivity index (χ3v) is 3.17. The Bertz CT molecular complexity index is 587. The molecule has 0 radical (unpaired) electrons. The van der Waals surface area contributed by atoms with Crippen molar-refractivity contribution in [2.45, 2.75) is 13.0 Å². The maximum Gasteiger partial charge on any atom is 0.339 e. The van der Waals surface area contributed by atoms with Gasteiger partial charge in [-0.05, 0) is 34.5 Å². The van der Waals surface area contributed by atoms with Crippen LogP contribution in [0, 0.1) is 0 Å². The van der Waals surface area contributed by atoms with Crippen LogP contribution in [0.5, 0.6) is 0 Å². The zero-order chi connectivity index (χ0) is 13.8. The number of rotatable bonds is 4. The molecular formula is C14H13BrN2O2. The zero-order valence-corrected chi connectivity index (χ0v) is 11.9. The number of halogens is 1. The highest BCUT2D eigenvalue weighted by molar-refractivity contribution is 9.10. The molecule has 0 aliphatic rings. The minimum Gasteiger partial charge on any atom is -0.478 e. The lowest BCUT2D eigenvalue weighted by molar-refractivity contribution is 0.0697. The van der Waals surface area contributed by atoms with Crippen molar-refractivity contribution >= 4 is 27.7 Å². The first-order chi connectivity index (χ1) is 9.08. The molecule has 0 aliphatic heterocycles. The quantitative estimate of drug-likeness (QED) is 0.901. The fourth-order valence-electron chi connectivity index (χ4n) is 1.75. The Balaban J connectivity index is 2.26. The summed E-state index contributed by atoms with van der Waals surface area (Å²) < 4.78 is 0.641. The van der Waals surface area contributed by atoms with Gasteiger partial charge in [0.2, 0.25) is 0 Å². The normalized spacial score (nSPS) is 11.9. The van der Waals surface area contributed by atoms with E-state index in [1.54, 1.807) is 6.20 Å². The third kappa shape index (κ3) is 3.32. The predicted octanol–water partition coefficient (Wildman–Crippen LogP) is 3.72. The van der Waals surface area contributed by atoms with Crippen molar-refractivity contribution in [1.82, 2.24) is 4.98 Å². The number of carbonyl (C=O) groups is 1. The number of aromatic nitrogens is 1. The van der Waals surface area contributed by atoms with E-state index in [0.717, 1.165) is 5.56 Å². The SMILES string of the molecule is CC(Nc1ncc(Br)cc1C(=O)O)c1ccccc1. The lowest BCUT2D eigenvalue weighted by Crippen LogP contribution is -2.12. The lowest BCUT2D eigenvalue weighted by Gasteiger charge is -2.16. The molecule has 5 heteroatoms. The second kappa shape index (κ2) is 5.84. The number of carboxylic acids is 1. The molecule has 0 saturated heterocycles. The molecule has 2 N–H and O–H groups in total. The standard InChI is InChI=1S/C14H13BrN2O2/c1-9(10-5-3-2-4-6-10)17-13-12(14(18)19)7-11(15)8-16-13/h2-9H,1H3,(H,16,17)(H,18,19). The van der Waals surface area contributed by atoms with Gasteiger partial charge in [0.25, 0.3) is 0 Å². The highest BCUT2D eigenvalue weighted by atomic mass is 79.9. The maximum absolute atomic E-state index is 11.2. The van der Waals surface area contributed by atoms with E-state index in [-0.39, 0.29) is 11.6 Å². The summed E-state index contributed by atoms with van der Waals surface area (Å²) >= 11 is 3.22. The highest BCUT2D eigenvalue weighted by Crippen LogP contribution is 2.23. The number of pyridine rings is 1. The van der Waals surface area contributed by atoms with Gasteiger partial charge in [0.1, 0.15) is 11.4 Å². The smallest absolute Gasteiger partial charge is 0.339 e. The van der Waals surface area contributed by atoms with Crippen molar-refractivity contribution in [2.75, 3.05) is 5.32 Å². The van der Waals surface area contributed by atoms with Crippen LogP contribution in [0.25, 0.3) is 0 Å². The second-order valence-corrected chi connectivity index (χ2v) is 5.05. The molecule has 98 valence electrons. The van der Waals surface area contributed by atoms with E-state index in [1.165, 1.54) is 6.07 Å². The van der Waals surface area contributed by atoms with Gasteiger partial charge in [0.15, 0.2) is 0 Å². The Hall–Kier alpha value is -1.88. The van der Waals surface area contributed by atoms with Crippen LogP contribution in [0.2, 0.25) is 0 Å². The average molecular weight is 321 g/mol. The molecule has 2 rings (SSSR count). The summed E-state index contributed by atoms with van der Waals surface area (Å²) in [6, 6.07) is 11.3. The zero-order valence-electron chi connectivity index (χ0n) is 10.3. The monoisotopic (exact) mass is 320 g/mol. The summed E-state index contributed by atoms with van der Waals surface area (Å²) in [5.74, 6) is -0.636.